The van der Waals surface area contributed by atoms with Crippen LogP contribution < -0.4 is 5.32 Å². The minimum Gasteiger partial charge on any atom is -0.395 e. The van der Waals surface area contributed by atoms with Crippen LogP contribution in [0.4, 0.5) is 0 Å². The van der Waals surface area contributed by atoms with Crippen LogP contribution >= 0.6 is 11.6 Å². The van der Waals surface area contributed by atoms with Crippen molar-refractivity contribution in [2.45, 2.75) is 18.8 Å². The van der Waals surface area contributed by atoms with E-state index in [1.165, 1.54) is 11.1 Å². The summed E-state index contributed by atoms with van der Waals surface area (Å²) in [5.74, 6) is 0.428. The zero-order valence-electron chi connectivity index (χ0n) is 12.1. The lowest BCUT2D eigenvalue weighted by Gasteiger charge is -2.18. The van der Waals surface area contributed by atoms with Gasteiger partial charge < -0.3 is 10.4 Å². The predicted molar refractivity (Wildman–Crippen MR) is 88.9 cm³/mol. The zero-order valence-corrected chi connectivity index (χ0v) is 12.9. The van der Waals surface area contributed by atoms with Gasteiger partial charge in [-0.05, 0) is 42.5 Å². The van der Waals surface area contributed by atoms with Gasteiger partial charge in [0, 0.05) is 11.6 Å². The van der Waals surface area contributed by atoms with E-state index in [1.807, 2.05) is 24.3 Å². The molecule has 0 saturated carbocycles. The van der Waals surface area contributed by atoms with Crippen LogP contribution in [0.5, 0.6) is 0 Å². The molecule has 0 unspecified atom stereocenters. The highest BCUT2D eigenvalue weighted by atomic mass is 35.5. The monoisotopic (exact) mass is 303 g/mol. The molecule has 2 N–H and O–H groups in total. The van der Waals surface area contributed by atoms with Gasteiger partial charge in [0.2, 0.25) is 0 Å². The summed E-state index contributed by atoms with van der Waals surface area (Å²) in [5, 5.41) is 12.9. The number of hydrogen-bond acceptors (Lipinski definition) is 2. The maximum Gasteiger partial charge on any atom is 0.0555 e. The third-order valence-corrected chi connectivity index (χ3v) is 4.02. The van der Waals surface area contributed by atoms with Crippen LogP contribution in [-0.4, -0.2) is 24.8 Å². The van der Waals surface area contributed by atoms with Gasteiger partial charge in [-0.25, -0.2) is 0 Å². The van der Waals surface area contributed by atoms with Crippen molar-refractivity contribution in [2.75, 3.05) is 19.7 Å². The fourth-order valence-electron chi connectivity index (χ4n) is 2.52. The van der Waals surface area contributed by atoms with Crippen LogP contribution in [0, 0.1) is 0 Å². The molecule has 0 fully saturated rings. The molecule has 0 bridgehead atoms. The molecule has 0 saturated heterocycles. The summed E-state index contributed by atoms with van der Waals surface area (Å²) in [6.45, 7) is 1.72. The number of aliphatic hydroxyl groups is 1. The van der Waals surface area contributed by atoms with Gasteiger partial charge in [-0.3, -0.25) is 0 Å². The highest BCUT2D eigenvalue weighted by Crippen LogP contribution is 2.27. The minimum atomic E-state index is 0.181. The normalized spacial score (nSPS) is 12.3. The van der Waals surface area contributed by atoms with E-state index in [-0.39, 0.29) is 6.61 Å². The van der Waals surface area contributed by atoms with Crippen molar-refractivity contribution in [2.24, 2.45) is 0 Å². The van der Waals surface area contributed by atoms with Crippen LogP contribution in [0.3, 0.4) is 0 Å². The van der Waals surface area contributed by atoms with Crippen molar-refractivity contribution in [1.82, 2.24) is 5.32 Å². The first-order chi connectivity index (χ1) is 10.3. The first kappa shape index (κ1) is 16.0. The lowest BCUT2D eigenvalue weighted by Crippen LogP contribution is -2.21. The van der Waals surface area contributed by atoms with Crippen molar-refractivity contribution in [3.05, 3.63) is 70.7 Å². The number of aliphatic hydroxyl groups excluding tert-OH is 1. The van der Waals surface area contributed by atoms with E-state index in [2.05, 4.69) is 35.6 Å². The Hall–Kier alpha value is -1.35. The van der Waals surface area contributed by atoms with Crippen molar-refractivity contribution >= 4 is 11.6 Å². The molecule has 0 aliphatic rings. The van der Waals surface area contributed by atoms with E-state index in [0.29, 0.717) is 12.5 Å². The van der Waals surface area contributed by atoms with Crippen molar-refractivity contribution in [3.63, 3.8) is 0 Å². The summed E-state index contributed by atoms with van der Waals surface area (Å²) < 4.78 is 0. The molecule has 112 valence electrons. The van der Waals surface area contributed by atoms with Gasteiger partial charge in [0.25, 0.3) is 0 Å². The Labute approximate surface area is 131 Å². The van der Waals surface area contributed by atoms with Gasteiger partial charge in [-0.15, -0.1) is 0 Å². The molecular weight excluding hydrogens is 282 g/mol. The Morgan fingerprint density at radius 3 is 2.38 bits per heavy atom. The summed E-state index contributed by atoms with van der Waals surface area (Å²) in [4.78, 5) is 0. The quantitative estimate of drug-likeness (QED) is 0.730. The second-order valence-electron chi connectivity index (χ2n) is 5.17. The topological polar surface area (TPSA) is 32.3 Å². The molecular formula is C18H22ClNO. The van der Waals surface area contributed by atoms with Crippen molar-refractivity contribution < 1.29 is 5.11 Å². The molecule has 2 nitrogen and oxygen atoms in total. The zero-order chi connectivity index (χ0) is 14.9. The van der Waals surface area contributed by atoms with Crippen LogP contribution in [0.2, 0.25) is 5.02 Å². The summed E-state index contributed by atoms with van der Waals surface area (Å²) >= 11 is 6.29. The summed E-state index contributed by atoms with van der Waals surface area (Å²) in [5.41, 5.74) is 2.53. The molecule has 0 aliphatic carbocycles. The molecule has 0 heterocycles. The fraction of sp³-hybridized carbons (Fsp3) is 0.333. The summed E-state index contributed by atoms with van der Waals surface area (Å²) in [7, 11) is 0. The molecule has 0 aromatic heterocycles. The molecule has 21 heavy (non-hydrogen) atoms. The number of hydrogen-bond donors (Lipinski definition) is 2. The molecule has 0 amide bonds. The molecule has 1 atom stereocenters. The van der Waals surface area contributed by atoms with Gasteiger partial charge in [0.05, 0.1) is 6.61 Å². The van der Waals surface area contributed by atoms with Crippen LogP contribution in [-0.2, 0) is 6.42 Å². The number of nitrogens with one attached hydrogen (secondary N) is 1. The number of halogens is 1. The Morgan fingerprint density at radius 1 is 0.952 bits per heavy atom. The lowest BCUT2D eigenvalue weighted by molar-refractivity contribution is 0.291. The third-order valence-electron chi connectivity index (χ3n) is 3.65. The number of rotatable bonds is 8. The number of benzene rings is 2. The highest BCUT2D eigenvalue weighted by molar-refractivity contribution is 6.31. The average Bonchev–Trinajstić information content (AvgIpc) is 2.53. The average molecular weight is 304 g/mol. The van der Waals surface area contributed by atoms with Crippen LogP contribution in [0.1, 0.15) is 23.5 Å². The largest absolute Gasteiger partial charge is 0.395 e. The molecule has 0 aliphatic heterocycles. The van der Waals surface area contributed by atoms with E-state index in [4.69, 9.17) is 16.7 Å². The molecule has 0 radical (unpaired) electrons. The lowest BCUT2D eigenvalue weighted by atomic mass is 9.89. The molecule has 2 rings (SSSR count). The molecule has 3 heteroatoms. The van der Waals surface area contributed by atoms with E-state index in [9.17, 15) is 0 Å². The molecule has 0 spiro atoms. The standard InChI is InChI=1S/C18H22ClNO/c19-18-9-5-4-8-17(18)14-16(10-11-20-12-13-21)15-6-2-1-3-7-15/h1-9,16,20-21H,10-14H2/t16-/m0/s1. The van der Waals surface area contributed by atoms with E-state index >= 15 is 0 Å². The van der Waals surface area contributed by atoms with Gasteiger partial charge >= 0.3 is 0 Å². The second-order valence-corrected chi connectivity index (χ2v) is 5.57. The van der Waals surface area contributed by atoms with Crippen molar-refractivity contribution in [3.8, 4) is 0 Å². The first-order valence-electron chi connectivity index (χ1n) is 7.41. The molecule has 2 aromatic rings. The predicted octanol–water partition coefficient (Wildman–Crippen LogP) is 3.64. The first-order valence-corrected chi connectivity index (χ1v) is 7.79. The Morgan fingerprint density at radius 2 is 1.67 bits per heavy atom. The van der Waals surface area contributed by atoms with Gasteiger partial charge in [0.1, 0.15) is 0 Å². The van der Waals surface area contributed by atoms with Gasteiger partial charge in [0.15, 0.2) is 0 Å². The smallest absolute Gasteiger partial charge is 0.0555 e. The maximum atomic E-state index is 8.84. The minimum absolute atomic E-state index is 0.181. The summed E-state index contributed by atoms with van der Waals surface area (Å²) in [6.07, 6.45) is 1.96. The fourth-order valence-corrected chi connectivity index (χ4v) is 2.73. The van der Waals surface area contributed by atoms with E-state index in [0.717, 1.165) is 24.4 Å². The Bertz CT molecular complexity index is 530. The Kier molecular flexibility index (Phi) is 6.74. The second kappa shape index (κ2) is 8.83. The SMILES string of the molecule is OCCNCC[C@@H](Cc1ccccc1Cl)c1ccccc1. The van der Waals surface area contributed by atoms with Crippen LogP contribution in [0.25, 0.3) is 0 Å². The highest BCUT2D eigenvalue weighted by Gasteiger charge is 2.13. The third kappa shape index (κ3) is 5.16. The van der Waals surface area contributed by atoms with E-state index in [1.54, 1.807) is 0 Å². The summed E-state index contributed by atoms with van der Waals surface area (Å²) in [6, 6.07) is 18.6. The van der Waals surface area contributed by atoms with Crippen molar-refractivity contribution in [1.29, 1.82) is 0 Å². The van der Waals surface area contributed by atoms with Crippen LogP contribution in [0.15, 0.2) is 54.6 Å². The van der Waals surface area contributed by atoms with Gasteiger partial charge in [-0.2, -0.15) is 0 Å². The van der Waals surface area contributed by atoms with Gasteiger partial charge in [-0.1, -0.05) is 60.1 Å². The van der Waals surface area contributed by atoms with E-state index < -0.39 is 0 Å². The molecule has 2 aromatic carbocycles. The maximum absolute atomic E-state index is 8.84. The Balaban J connectivity index is 2.07.